The van der Waals surface area contributed by atoms with Crippen LogP contribution in [0.2, 0.25) is 0 Å². The van der Waals surface area contributed by atoms with E-state index >= 15 is 0 Å². The summed E-state index contributed by atoms with van der Waals surface area (Å²) in [6.45, 7) is 0.501. The topological polar surface area (TPSA) is 96.9 Å². The first-order chi connectivity index (χ1) is 14.5. The van der Waals surface area contributed by atoms with Crippen LogP contribution in [0, 0.1) is 0 Å². The van der Waals surface area contributed by atoms with Gasteiger partial charge in [-0.3, -0.25) is 4.98 Å². The Balaban J connectivity index is 1.63. The minimum Gasteiger partial charge on any atom is -0.365 e. The number of rotatable bonds is 7. The normalized spacial score (nSPS) is 11.5. The number of para-hydroxylation sites is 1. The molecular weight excluding hydrogens is 398 g/mol. The predicted molar refractivity (Wildman–Crippen MR) is 118 cm³/mol. The molecule has 4 aromatic rings. The third-order valence-electron chi connectivity index (χ3n) is 4.64. The summed E-state index contributed by atoms with van der Waals surface area (Å²) in [5, 5.41) is 4.30. The third kappa shape index (κ3) is 4.61. The summed E-state index contributed by atoms with van der Waals surface area (Å²) in [6.07, 6.45) is 3.45. The van der Waals surface area contributed by atoms with Gasteiger partial charge in [0.05, 0.1) is 11.3 Å². The van der Waals surface area contributed by atoms with Crippen molar-refractivity contribution in [3.63, 3.8) is 0 Å². The molecule has 0 saturated carbocycles. The molecule has 30 heavy (non-hydrogen) atoms. The van der Waals surface area contributed by atoms with E-state index in [0.29, 0.717) is 18.2 Å². The van der Waals surface area contributed by atoms with Gasteiger partial charge in [-0.05, 0) is 42.4 Å². The van der Waals surface area contributed by atoms with E-state index in [9.17, 15) is 8.42 Å². The molecule has 0 unspecified atom stereocenters. The van der Waals surface area contributed by atoms with Crippen molar-refractivity contribution in [1.82, 2.24) is 19.7 Å². The van der Waals surface area contributed by atoms with Crippen molar-refractivity contribution in [3.8, 4) is 11.4 Å². The molecule has 0 spiro atoms. The molecule has 0 fully saturated rings. The maximum Gasteiger partial charge on any atom is 0.215 e. The molecule has 0 bridgehead atoms. The Kier molecular flexibility index (Phi) is 5.69. The zero-order valence-electron chi connectivity index (χ0n) is 16.4. The molecule has 7 nitrogen and oxygen atoms in total. The monoisotopic (exact) mass is 419 g/mol. The van der Waals surface area contributed by atoms with Gasteiger partial charge in [0, 0.05) is 29.9 Å². The highest BCUT2D eigenvalue weighted by Gasteiger charge is 2.11. The number of fused-ring (bicyclic) bond motifs is 1. The second kappa shape index (κ2) is 8.56. The number of benzene rings is 2. The maximum absolute atomic E-state index is 11.8. The molecule has 0 aliphatic rings. The van der Waals surface area contributed by atoms with E-state index in [1.165, 1.54) is 7.05 Å². The van der Waals surface area contributed by atoms with Gasteiger partial charge in [0.1, 0.15) is 5.82 Å². The van der Waals surface area contributed by atoms with E-state index in [-0.39, 0.29) is 5.75 Å². The van der Waals surface area contributed by atoms with Gasteiger partial charge in [0.25, 0.3) is 0 Å². The van der Waals surface area contributed by atoms with Crippen molar-refractivity contribution in [2.45, 2.75) is 12.3 Å². The summed E-state index contributed by atoms with van der Waals surface area (Å²) in [6, 6.07) is 19.1. The van der Waals surface area contributed by atoms with Gasteiger partial charge in [0.15, 0.2) is 5.82 Å². The first-order valence-corrected chi connectivity index (χ1v) is 11.1. The number of nitrogens with one attached hydrogen (secondary N) is 2. The van der Waals surface area contributed by atoms with Gasteiger partial charge in [-0.1, -0.05) is 36.4 Å². The van der Waals surface area contributed by atoms with Crippen LogP contribution < -0.4 is 10.0 Å². The lowest BCUT2D eigenvalue weighted by atomic mass is 10.1. The van der Waals surface area contributed by atoms with Crippen LogP contribution in [0.15, 0.2) is 73.1 Å². The lowest BCUT2D eigenvalue weighted by molar-refractivity contribution is 0.587. The molecule has 2 aromatic carbocycles. The SMILES string of the molecule is CNS(=O)(=O)Cc1cccc(CNc2nc(-c3cccnc3)nc3ccccc23)c1. The van der Waals surface area contributed by atoms with Crippen LogP contribution in [-0.4, -0.2) is 30.4 Å². The van der Waals surface area contributed by atoms with E-state index in [1.807, 2.05) is 54.6 Å². The summed E-state index contributed by atoms with van der Waals surface area (Å²) in [5.41, 5.74) is 3.37. The fraction of sp³-hybridized carbons (Fsp3) is 0.136. The van der Waals surface area contributed by atoms with Gasteiger partial charge in [-0.2, -0.15) is 0 Å². The van der Waals surface area contributed by atoms with Crippen LogP contribution >= 0.6 is 0 Å². The fourth-order valence-corrected chi connectivity index (χ4v) is 3.90. The van der Waals surface area contributed by atoms with Gasteiger partial charge >= 0.3 is 0 Å². The average Bonchev–Trinajstić information content (AvgIpc) is 2.78. The van der Waals surface area contributed by atoms with Crippen molar-refractivity contribution in [2.24, 2.45) is 0 Å². The zero-order chi connectivity index (χ0) is 21.0. The van der Waals surface area contributed by atoms with Crippen LogP contribution in [0.1, 0.15) is 11.1 Å². The first-order valence-electron chi connectivity index (χ1n) is 9.44. The lowest BCUT2D eigenvalue weighted by Gasteiger charge is -2.12. The van der Waals surface area contributed by atoms with Crippen molar-refractivity contribution >= 4 is 26.7 Å². The number of aromatic nitrogens is 3. The minimum atomic E-state index is -3.32. The molecular formula is C22H21N5O2S. The molecule has 0 amide bonds. The van der Waals surface area contributed by atoms with E-state index in [4.69, 9.17) is 4.98 Å². The molecule has 2 heterocycles. The summed E-state index contributed by atoms with van der Waals surface area (Å²) in [4.78, 5) is 13.5. The van der Waals surface area contributed by atoms with Gasteiger partial charge in [0.2, 0.25) is 10.0 Å². The van der Waals surface area contributed by atoms with Crippen molar-refractivity contribution in [3.05, 3.63) is 84.2 Å². The third-order valence-corrected chi connectivity index (χ3v) is 5.98. The summed E-state index contributed by atoms with van der Waals surface area (Å²) >= 11 is 0. The highest BCUT2D eigenvalue weighted by atomic mass is 32.2. The summed E-state index contributed by atoms with van der Waals surface area (Å²) in [7, 11) is -1.90. The Bertz CT molecular complexity index is 1280. The lowest BCUT2D eigenvalue weighted by Crippen LogP contribution is -2.20. The maximum atomic E-state index is 11.8. The Morgan fingerprint density at radius 2 is 1.77 bits per heavy atom. The first kappa shape index (κ1) is 19.9. The van der Waals surface area contributed by atoms with Crippen molar-refractivity contribution in [1.29, 1.82) is 0 Å². The number of anilines is 1. The minimum absolute atomic E-state index is 0.0566. The molecule has 0 aliphatic carbocycles. The number of pyridine rings is 1. The molecule has 152 valence electrons. The van der Waals surface area contributed by atoms with Crippen molar-refractivity contribution in [2.75, 3.05) is 12.4 Å². The number of nitrogens with zero attached hydrogens (tertiary/aromatic N) is 3. The van der Waals surface area contributed by atoms with Crippen LogP contribution in [0.25, 0.3) is 22.3 Å². The Hall–Kier alpha value is -3.36. The van der Waals surface area contributed by atoms with E-state index in [1.54, 1.807) is 18.5 Å². The Morgan fingerprint density at radius 1 is 0.933 bits per heavy atom. The predicted octanol–water partition coefficient (Wildman–Crippen LogP) is 3.35. The van der Waals surface area contributed by atoms with E-state index in [0.717, 1.165) is 27.6 Å². The smallest absolute Gasteiger partial charge is 0.215 e. The van der Waals surface area contributed by atoms with Gasteiger partial charge in [-0.25, -0.2) is 23.1 Å². The Morgan fingerprint density at radius 3 is 2.57 bits per heavy atom. The largest absolute Gasteiger partial charge is 0.365 e. The molecule has 2 N–H and O–H groups in total. The number of hydrogen-bond acceptors (Lipinski definition) is 6. The van der Waals surface area contributed by atoms with Gasteiger partial charge < -0.3 is 5.32 Å². The second-order valence-electron chi connectivity index (χ2n) is 6.79. The standard InChI is InChI=1S/C22H21N5O2S/c1-23-30(28,29)15-17-7-4-6-16(12-17)13-25-22-19-9-2-3-10-20(19)26-21(27-22)18-8-5-11-24-14-18/h2-12,14,23H,13,15H2,1H3,(H,25,26,27). The Labute approximate surface area is 175 Å². The quantitative estimate of drug-likeness (QED) is 0.477. The summed E-state index contributed by atoms with van der Waals surface area (Å²) in [5.74, 6) is 1.25. The number of hydrogen-bond donors (Lipinski definition) is 2. The zero-order valence-corrected chi connectivity index (χ0v) is 17.2. The molecule has 8 heteroatoms. The second-order valence-corrected chi connectivity index (χ2v) is 8.72. The highest BCUT2D eigenvalue weighted by molar-refractivity contribution is 7.88. The van der Waals surface area contributed by atoms with Crippen LogP contribution in [0.5, 0.6) is 0 Å². The van der Waals surface area contributed by atoms with E-state index < -0.39 is 10.0 Å². The molecule has 0 radical (unpaired) electrons. The number of sulfonamides is 1. The molecule has 2 aromatic heterocycles. The van der Waals surface area contributed by atoms with Crippen LogP contribution in [0.3, 0.4) is 0 Å². The fourth-order valence-electron chi connectivity index (χ4n) is 3.14. The molecule has 0 saturated heterocycles. The van der Waals surface area contributed by atoms with Crippen LogP contribution in [-0.2, 0) is 22.3 Å². The highest BCUT2D eigenvalue weighted by Crippen LogP contribution is 2.25. The molecule has 4 rings (SSSR count). The molecule has 0 aliphatic heterocycles. The van der Waals surface area contributed by atoms with Crippen LogP contribution in [0.4, 0.5) is 5.82 Å². The average molecular weight is 420 g/mol. The molecule has 0 atom stereocenters. The summed E-state index contributed by atoms with van der Waals surface area (Å²) < 4.78 is 26.0. The van der Waals surface area contributed by atoms with E-state index in [2.05, 4.69) is 20.0 Å². The van der Waals surface area contributed by atoms with Gasteiger partial charge in [-0.15, -0.1) is 0 Å². The van der Waals surface area contributed by atoms with Crippen molar-refractivity contribution < 1.29 is 8.42 Å².